The topological polar surface area (TPSA) is 55.1 Å². The van der Waals surface area contributed by atoms with Crippen molar-refractivity contribution in [1.29, 1.82) is 5.26 Å². The minimum atomic E-state index is 0.377. The zero-order valence-corrected chi connectivity index (χ0v) is 21.5. The fraction of sp³-hybridized carbons (Fsp3) is 0.120. The third-order valence-corrected chi connectivity index (χ3v) is 7.37. The van der Waals surface area contributed by atoms with Gasteiger partial charge in [-0.2, -0.15) is 5.26 Å². The van der Waals surface area contributed by atoms with Crippen LogP contribution in [0.4, 0.5) is 0 Å². The molecule has 0 saturated heterocycles. The summed E-state index contributed by atoms with van der Waals surface area (Å²) in [7, 11) is 0. The number of hydrogen-bond acceptors (Lipinski definition) is 6. The number of rotatable bonds is 8. The van der Waals surface area contributed by atoms with Crippen LogP contribution < -0.4 is 9.47 Å². The number of fused-ring (bicyclic) bond motifs is 1. The number of benzene rings is 3. The number of nitrogens with zero attached hydrogens (tertiary/aromatic N) is 2. The van der Waals surface area contributed by atoms with Crippen LogP contribution in [0.3, 0.4) is 0 Å². The van der Waals surface area contributed by atoms with Crippen molar-refractivity contribution in [1.82, 2.24) is 4.98 Å². The van der Waals surface area contributed by atoms with E-state index >= 15 is 0 Å². The van der Waals surface area contributed by atoms with Gasteiger partial charge in [0.2, 0.25) is 0 Å². The van der Waals surface area contributed by atoms with E-state index in [-0.39, 0.29) is 0 Å². The van der Waals surface area contributed by atoms with Crippen molar-refractivity contribution < 1.29 is 9.47 Å². The average molecular weight is 558 g/mol. The van der Waals surface area contributed by atoms with Gasteiger partial charge in [-0.15, -0.1) is 11.3 Å². The van der Waals surface area contributed by atoms with Crippen LogP contribution in [0.15, 0.2) is 74.4 Å². The molecule has 0 amide bonds. The van der Waals surface area contributed by atoms with Crippen molar-refractivity contribution >= 4 is 66.9 Å². The Hall–Kier alpha value is -2.50. The molecule has 4 rings (SSSR count). The molecule has 0 aliphatic rings. The van der Waals surface area contributed by atoms with Crippen LogP contribution in [0.1, 0.15) is 18.1 Å². The van der Waals surface area contributed by atoms with Gasteiger partial charge in [0.1, 0.15) is 12.7 Å². The van der Waals surface area contributed by atoms with Crippen LogP contribution in [0.25, 0.3) is 16.3 Å². The summed E-state index contributed by atoms with van der Waals surface area (Å²) in [6.45, 7) is 2.79. The summed E-state index contributed by atoms with van der Waals surface area (Å²) in [5.41, 5.74) is 2.76. The van der Waals surface area contributed by atoms with Crippen molar-refractivity contribution in [2.24, 2.45) is 0 Å². The minimum absolute atomic E-state index is 0.377. The highest BCUT2D eigenvalue weighted by atomic mass is 79.9. The average Bonchev–Trinajstić information content (AvgIpc) is 3.22. The van der Waals surface area contributed by atoms with Crippen LogP contribution in [0.5, 0.6) is 11.5 Å². The van der Waals surface area contributed by atoms with Crippen LogP contribution in [-0.2, 0) is 6.61 Å². The van der Waals surface area contributed by atoms with Crippen molar-refractivity contribution in [2.75, 3.05) is 6.61 Å². The van der Waals surface area contributed by atoms with Gasteiger partial charge in [0.05, 0.1) is 26.2 Å². The van der Waals surface area contributed by atoms with Crippen molar-refractivity contribution in [3.8, 4) is 17.6 Å². The lowest BCUT2D eigenvalue weighted by atomic mass is 10.2. The molecular weight excluding hydrogens is 540 g/mol. The maximum atomic E-state index is 9.71. The third-order valence-electron chi connectivity index (χ3n) is 4.51. The number of aromatic nitrogens is 1. The summed E-state index contributed by atoms with van der Waals surface area (Å²) < 4.78 is 14.6. The highest BCUT2D eigenvalue weighted by Gasteiger charge is 2.14. The molecule has 0 aliphatic heterocycles. The van der Waals surface area contributed by atoms with E-state index in [4.69, 9.17) is 21.1 Å². The largest absolute Gasteiger partial charge is 0.490 e. The smallest absolute Gasteiger partial charge is 0.175 e. The molecule has 0 atom stereocenters. The molecule has 1 heterocycles. The van der Waals surface area contributed by atoms with E-state index in [1.54, 1.807) is 11.3 Å². The Kier molecular flexibility index (Phi) is 7.94. The second kappa shape index (κ2) is 11.1. The van der Waals surface area contributed by atoms with Gasteiger partial charge in [0.15, 0.2) is 15.8 Å². The van der Waals surface area contributed by atoms with Crippen molar-refractivity contribution in [3.05, 3.63) is 86.2 Å². The highest BCUT2D eigenvalue weighted by molar-refractivity contribution is 9.10. The van der Waals surface area contributed by atoms with E-state index in [9.17, 15) is 5.26 Å². The molecule has 4 nitrogen and oxygen atoms in total. The summed E-state index contributed by atoms with van der Waals surface area (Å²) >= 11 is 12.5. The Morgan fingerprint density at radius 2 is 1.97 bits per heavy atom. The molecule has 1 aromatic heterocycles. The number of thioether (sulfide) groups is 1. The van der Waals surface area contributed by atoms with Gasteiger partial charge in [-0.3, -0.25) is 0 Å². The lowest BCUT2D eigenvalue weighted by Crippen LogP contribution is -2.01. The first-order chi connectivity index (χ1) is 16.1. The van der Waals surface area contributed by atoms with Gasteiger partial charge in [-0.05, 0) is 88.2 Å². The number of ether oxygens (including phenoxy) is 2. The molecule has 0 saturated carbocycles. The second-order valence-corrected chi connectivity index (χ2v) is 10.5. The molecule has 8 heteroatoms. The van der Waals surface area contributed by atoms with Crippen LogP contribution in [0, 0.1) is 11.3 Å². The number of thiazole rings is 1. The van der Waals surface area contributed by atoms with Gasteiger partial charge < -0.3 is 9.47 Å². The Labute approximate surface area is 214 Å². The summed E-state index contributed by atoms with van der Waals surface area (Å²) in [5.74, 6) is 1.22. The Bertz CT molecular complexity index is 1310. The molecule has 0 unspecified atom stereocenters. The molecule has 0 bridgehead atoms. The summed E-state index contributed by atoms with van der Waals surface area (Å²) in [4.78, 5) is 5.15. The Balaban J connectivity index is 1.57. The maximum absolute atomic E-state index is 9.71. The van der Waals surface area contributed by atoms with Gasteiger partial charge in [0, 0.05) is 5.02 Å². The first-order valence-corrected chi connectivity index (χ1v) is 12.8. The molecule has 0 aliphatic carbocycles. The van der Waals surface area contributed by atoms with Gasteiger partial charge in [-0.1, -0.05) is 35.9 Å². The van der Waals surface area contributed by atoms with E-state index in [1.807, 2.05) is 73.7 Å². The predicted octanol–water partition coefficient (Wildman–Crippen LogP) is 8.35. The van der Waals surface area contributed by atoms with Crippen LogP contribution in [-0.4, -0.2) is 11.6 Å². The second-order valence-electron chi connectivity index (χ2n) is 6.85. The molecular formula is C25H18BrClN2O2S2. The molecule has 0 N–H and O–H groups in total. The van der Waals surface area contributed by atoms with Crippen molar-refractivity contribution in [2.45, 2.75) is 17.9 Å². The zero-order chi connectivity index (χ0) is 23.2. The first-order valence-electron chi connectivity index (χ1n) is 10.0. The van der Waals surface area contributed by atoms with Crippen molar-refractivity contribution in [3.63, 3.8) is 0 Å². The monoisotopic (exact) mass is 556 g/mol. The number of allylic oxidation sites excluding steroid dienone is 1. The lowest BCUT2D eigenvalue weighted by Gasteiger charge is -2.15. The van der Waals surface area contributed by atoms with Crippen LogP contribution in [0.2, 0.25) is 5.02 Å². The SMILES string of the molecule is CCOc1cc(/C=C(\C#N)Sc2nc3ccccc3s2)cc(Br)c1OCc1ccc(Cl)cc1. The molecule has 33 heavy (non-hydrogen) atoms. The molecule has 0 fully saturated rings. The Morgan fingerprint density at radius 1 is 1.18 bits per heavy atom. The molecule has 0 radical (unpaired) electrons. The summed E-state index contributed by atoms with van der Waals surface area (Å²) in [6.07, 6.45) is 1.83. The summed E-state index contributed by atoms with van der Waals surface area (Å²) in [5, 5.41) is 10.4. The van der Waals surface area contributed by atoms with E-state index in [0.717, 1.165) is 30.2 Å². The normalized spacial score (nSPS) is 11.4. The number of nitriles is 1. The standard InChI is InChI=1S/C25H18BrClN2O2S2/c1-2-30-22-13-17(12-20(26)24(22)31-15-16-7-9-18(27)10-8-16)11-19(14-28)32-25-29-21-5-3-4-6-23(21)33-25/h3-13H,2,15H2,1H3/b19-11+. The van der Waals surface area contributed by atoms with Gasteiger partial charge in [-0.25, -0.2) is 4.98 Å². The first kappa shape index (κ1) is 23.7. The maximum Gasteiger partial charge on any atom is 0.175 e. The predicted molar refractivity (Wildman–Crippen MR) is 140 cm³/mol. The summed E-state index contributed by atoms with van der Waals surface area (Å²) in [6, 6.07) is 21.5. The molecule has 166 valence electrons. The fourth-order valence-corrected chi connectivity index (χ4v) is 5.71. The molecule has 4 aromatic rings. The van der Waals surface area contributed by atoms with Gasteiger partial charge in [0.25, 0.3) is 0 Å². The molecule has 3 aromatic carbocycles. The number of hydrogen-bond donors (Lipinski definition) is 0. The third kappa shape index (κ3) is 6.10. The number of para-hydroxylation sites is 1. The van der Waals surface area contributed by atoms with E-state index in [1.165, 1.54) is 11.8 Å². The lowest BCUT2D eigenvalue weighted by molar-refractivity contribution is 0.267. The Morgan fingerprint density at radius 3 is 2.70 bits per heavy atom. The fourth-order valence-electron chi connectivity index (χ4n) is 3.04. The van der Waals surface area contributed by atoms with Crippen LogP contribution >= 0.6 is 50.6 Å². The minimum Gasteiger partial charge on any atom is -0.490 e. The van der Waals surface area contributed by atoms with E-state index in [2.05, 4.69) is 27.0 Å². The highest BCUT2D eigenvalue weighted by Crippen LogP contribution is 2.39. The number of halogens is 2. The quantitative estimate of drug-likeness (QED) is 0.161. The zero-order valence-electron chi connectivity index (χ0n) is 17.5. The van der Waals surface area contributed by atoms with E-state index in [0.29, 0.717) is 34.6 Å². The van der Waals surface area contributed by atoms with Gasteiger partial charge >= 0.3 is 0 Å². The van der Waals surface area contributed by atoms with E-state index < -0.39 is 0 Å². The molecule has 0 spiro atoms.